The molecule has 0 radical (unpaired) electrons. The number of fused-ring (bicyclic) bond motifs is 1. The third-order valence-electron chi connectivity index (χ3n) is 2.39. The number of rotatable bonds is 1. The Kier molecular flexibility index (Phi) is 2.17. The van der Waals surface area contributed by atoms with Gasteiger partial charge >= 0.3 is 0 Å². The van der Waals surface area contributed by atoms with Crippen LogP contribution in [0, 0.1) is 0 Å². The van der Waals surface area contributed by atoms with E-state index in [1.807, 2.05) is 11.4 Å². The van der Waals surface area contributed by atoms with Gasteiger partial charge in [0.15, 0.2) is 0 Å². The lowest BCUT2D eigenvalue weighted by atomic mass is 9.99. The quantitative estimate of drug-likeness (QED) is 0.773. The number of nitrogens with two attached hydrogens (primary N) is 1. The predicted molar refractivity (Wildman–Crippen MR) is 53.1 cm³/mol. The fraction of sp³-hybridized carbons (Fsp3) is 0.500. The molecule has 0 saturated carbocycles. The van der Waals surface area contributed by atoms with Gasteiger partial charge in [-0.15, -0.1) is 11.3 Å². The van der Waals surface area contributed by atoms with Crippen LogP contribution in [0.3, 0.4) is 0 Å². The molecule has 0 bridgehead atoms. The lowest BCUT2D eigenvalue weighted by Gasteiger charge is -2.20. The summed E-state index contributed by atoms with van der Waals surface area (Å²) < 4.78 is 22.5. The van der Waals surface area contributed by atoms with Gasteiger partial charge in [0.1, 0.15) is 5.25 Å². The molecule has 1 aromatic heterocycles. The van der Waals surface area contributed by atoms with Gasteiger partial charge in [-0.25, -0.2) is 13.6 Å². The van der Waals surface area contributed by atoms with Crippen molar-refractivity contribution in [2.75, 3.05) is 0 Å². The molecule has 0 aromatic carbocycles. The van der Waals surface area contributed by atoms with Gasteiger partial charge in [0, 0.05) is 4.88 Å². The van der Waals surface area contributed by atoms with Gasteiger partial charge in [-0.05, 0) is 36.3 Å². The maximum absolute atomic E-state index is 11.2. The number of hydrogen-bond donors (Lipinski definition) is 1. The summed E-state index contributed by atoms with van der Waals surface area (Å²) >= 11 is 1.63. The van der Waals surface area contributed by atoms with Gasteiger partial charge in [-0.3, -0.25) is 0 Å². The minimum absolute atomic E-state index is 0.456. The van der Waals surface area contributed by atoms with Gasteiger partial charge in [0.05, 0.1) is 0 Å². The highest BCUT2D eigenvalue weighted by Gasteiger charge is 2.29. The minimum atomic E-state index is -3.40. The average Bonchev–Trinajstić information content (AvgIpc) is 2.48. The Morgan fingerprint density at radius 1 is 1.54 bits per heavy atom. The van der Waals surface area contributed by atoms with Crippen LogP contribution in [0.15, 0.2) is 11.4 Å². The van der Waals surface area contributed by atoms with Crippen molar-refractivity contribution in [3.8, 4) is 0 Å². The van der Waals surface area contributed by atoms with Crippen LogP contribution in [0.5, 0.6) is 0 Å². The SMILES string of the molecule is NS(=O)(=O)C1CCCc2sccc21. The Morgan fingerprint density at radius 3 is 3.00 bits per heavy atom. The Morgan fingerprint density at radius 2 is 2.31 bits per heavy atom. The molecule has 0 saturated heterocycles. The van der Waals surface area contributed by atoms with Crippen molar-refractivity contribution in [1.29, 1.82) is 0 Å². The molecule has 0 fully saturated rings. The molecule has 1 unspecified atom stereocenters. The zero-order valence-corrected chi connectivity index (χ0v) is 8.70. The molecule has 1 aromatic rings. The average molecular weight is 217 g/mol. The molecule has 72 valence electrons. The predicted octanol–water partition coefficient (Wildman–Crippen LogP) is 1.41. The van der Waals surface area contributed by atoms with Crippen LogP contribution >= 0.6 is 11.3 Å². The molecular weight excluding hydrogens is 206 g/mol. The van der Waals surface area contributed by atoms with E-state index < -0.39 is 15.3 Å². The van der Waals surface area contributed by atoms with Crippen molar-refractivity contribution < 1.29 is 8.42 Å². The fourth-order valence-corrected chi connectivity index (χ4v) is 3.92. The van der Waals surface area contributed by atoms with Gasteiger partial charge in [0.25, 0.3) is 0 Å². The number of hydrogen-bond acceptors (Lipinski definition) is 3. The Hall–Kier alpha value is -0.390. The summed E-state index contributed by atoms with van der Waals surface area (Å²) in [5, 5.41) is 6.64. The molecule has 5 heteroatoms. The minimum Gasteiger partial charge on any atom is -0.228 e. The number of primary sulfonamides is 1. The van der Waals surface area contributed by atoms with E-state index in [1.54, 1.807) is 11.3 Å². The first-order valence-corrected chi connectivity index (χ1v) is 6.66. The molecule has 1 atom stereocenters. The van der Waals surface area contributed by atoms with Crippen LogP contribution in [0.4, 0.5) is 0 Å². The summed E-state index contributed by atoms with van der Waals surface area (Å²) in [4.78, 5) is 1.19. The van der Waals surface area contributed by atoms with E-state index >= 15 is 0 Å². The normalized spacial score (nSPS) is 22.7. The second-order valence-corrected chi connectivity index (χ2v) is 6.02. The standard InChI is InChI=1S/C8H11NO2S2/c9-13(10,11)8-3-1-2-7-6(8)4-5-12-7/h4-5,8H,1-3H2,(H2,9,10,11). The van der Waals surface area contributed by atoms with Crippen molar-refractivity contribution in [2.45, 2.75) is 24.5 Å². The first-order chi connectivity index (χ1) is 6.09. The summed E-state index contributed by atoms with van der Waals surface area (Å²) in [6, 6.07) is 1.88. The number of aryl methyl sites for hydroxylation is 1. The summed E-state index contributed by atoms with van der Waals surface area (Å²) in [6.45, 7) is 0. The maximum atomic E-state index is 11.2. The largest absolute Gasteiger partial charge is 0.228 e. The van der Waals surface area contributed by atoms with Crippen molar-refractivity contribution in [2.24, 2.45) is 5.14 Å². The zero-order chi connectivity index (χ0) is 9.47. The summed E-state index contributed by atoms with van der Waals surface area (Å²) in [7, 11) is -3.40. The van der Waals surface area contributed by atoms with Crippen LogP contribution in [0.1, 0.15) is 28.5 Å². The zero-order valence-electron chi connectivity index (χ0n) is 7.06. The van der Waals surface area contributed by atoms with E-state index in [9.17, 15) is 8.42 Å². The topological polar surface area (TPSA) is 60.2 Å². The van der Waals surface area contributed by atoms with Gasteiger partial charge in [0.2, 0.25) is 10.0 Å². The molecule has 1 aliphatic carbocycles. The smallest absolute Gasteiger partial charge is 0.216 e. The molecule has 2 rings (SSSR count). The molecular formula is C8H11NO2S2. The summed E-state index contributed by atoms with van der Waals surface area (Å²) in [5.41, 5.74) is 0.929. The second kappa shape index (κ2) is 3.08. The molecule has 0 spiro atoms. The monoisotopic (exact) mass is 217 g/mol. The second-order valence-electron chi connectivity index (χ2n) is 3.27. The summed E-state index contributed by atoms with van der Waals surface area (Å²) in [5.74, 6) is 0. The van der Waals surface area contributed by atoms with E-state index in [0.29, 0.717) is 6.42 Å². The van der Waals surface area contributed by atoms with Crippen LogP contribution in [0.25, 0.3) is 0 Å². The molecule has 13 heavy (non-hydrogen) atoms. The van der Waals surface area contributed by atoms with E-state index in [-0.39, 0.29) is 0 Å². The van der Waals surface area contributed by atoms with E-state index in [2.05, 4.69) is 0 Å². The number of thiophene rings is 1. The lowest BCUT2D eigenvalue weighted by Crippen LogP contribution is -2.24. The van der Waals surface area contributed by atoms with E-state index in [4.69, 9.17) is 5.14 Å². The highest BCUT2D eigenvalue weighted by molar-refractivity contribution is 7.89. The van der Waals surface area contributed by atoms with Crippen LogP contribution in [0.2, 0.25) is 0 Å². The van der Waals surface area contributed by atoms with E-state index in [0.717, 1.165) is 18.4 Å². The van der Waals surface area contributed by atoms with Crippen molar-refractivity contribution in [1.82, 2.24) is 0 Å². The van der Waals surface area contributed by atoms with Gasteiger partial charge in [-0.1, -0.05) is 0 Å². The van der Waals surface area contributed by atoms with E-state index in [1.165, 1.54) is 4.88 Å². The third-order valence-corrected chi connectivity index (χ3v) is 4.67. The van der Waals surface area contributed by atoms with Gasteiger partial charge in [-0.2, -0.15) is 0 Å². The van der Waals surface area contributed by atoms with Crippen LogP contribution < -0.4 is 5.14 Å². The number of sulfonamides is 1. The molecule has 3 nitrogen and oxygen atoms in total. The van der Waals surface area contributed by atoms with Gasteiger partial charge < -0.3 is 0 Å². The molecule has 2 N–H and O–H groups in total. The first-order valence-electron chi connectivity index (χ1n) is 4.17. The van der Waals surface area contributed by atoms with Crippen LogP contribution in [-0.4, -0.2) is 8.42 Å². The highest BCUT2D eigenvalue weighted by Crippen LogP contribution is 2.36. The molecule has 1 heterocycles. The molecule has 0 aliphatic heterocycles. The Balaban J connectivity index is 2.47. The van der Waals surface area contributed by atoms with Crippen molar-refractivity contribution in [3.05, 3.63) is 21.9 Å². The highest BCUT2D eigenvalue weighted by atomic mass is 32.2. The molecule has 1 aliphatic rings. The van der Waals surface area contributed by atoms with Crippen molar-refractivity contribution >= 4 is 21.4 Å². The Bertz CT molecular complexity index is 408. The Labute approximate surface area is 81.6 Å². The molecule has 0 amide bonds. The maximum Gasteiger partial charge on any atom is 0.216 e. The summed E-state index contributed by atoms with van der Waals surface area (Å²) in [6.07, 6.45) is 2.59. The van der Waals surface area contributed by atoms with Crippen molar-refractivity contribution in [3.63, 3.8) is 0 Å². The first kappa shape index (κ1) is 9.18. The lowest BCUT2D eigenvalue weighted by molar-refractivity contribution is 0.564. The van der Waals surface area contributed by atoms with Crippen LogP contribution in [-0.2, 0) is 16.4 Å². The fourth-order valence-electron chi connectivity index (χ4n) is 1.79. The third kappa shape index (κ3) is 1.63.